The standard InChI is InChI=1S/C13H19NO/c1-9(8-14)11-5-6-12(10-3-4-10)13(7-11)15-2/h5-7,9-10H,3-4,8,14H2,1-2H3. The first-order chi connectivity index (χ1) is 7.26. The average molecular weight is 205 g/mol. The first-order valence-corrected chi connectivity index (χ1v) is 5.64. The number of rotatable bonds is 4. The molecule has 0 amide bonds. The van der Waals surface area contributed by atoms with E-state index >= 15 is 0 Å². The van der Waals surface area contributed by atoms with E-state index in [1.807, 2.05) is 0 Å². The number of hydrogen-bond acceptors (Lipinski definition) is 2. The largest absolute Gasteiger partial charge is 0.496 e. The maximum atomic E-state index is 5.66. The molecule has 1 aliphatic carbocycles. The highest BCUT2D eigenvalue weighted by Crippen LogP contribution is 2.44. The molecule has 82 valence electrons. The highest BCUT2D eigenvalue weighted by Gasteiger charge is 2.26. The topological polar surface area (TPSA) is 35.2 Å². The summed E-state index contributed by atoms with van der Waals surface area (Å²) in [5.74, 6) is 2.18. The van der Waals surface area contributed by atoms with Crippen molar-refractivity contribution in [1.82, 2.24) is 0 Å². The molecule has 0 saturated heterocycles. The van der Waals surface area contributed by atoms with E-state index in [9.17, 15) is 0 Å². The fourth-order valence-electron chi connectivity index (χ4n) is 1.90. The Morgan fingerprint density at radius 1 is 1.47 bits per heavy atom. The van der Waals surface area contributed by atoms with Crippen LogP contribution in [0.4, 0.5) is 0 Å². The average Bonchev–Trinajstić information content (AvgIpc) is 3.11. The Morgan fingerprint density at radius 2 is 2.20 bits per heavy atom. The van der Waals surface area contributed by atoms with E-state index in [0.717, 1.165) is 11.7 Å². The molecule has 1 saturated carbocycles. The number of benzene rings is 1. The maximum Gasteiger partial charge on any atom is 0.122 e. The van der Waals surface area contributed by atoms with Gasteiger partial charge in [-0.2, -0.15) is 0 Å². The first kappa shape index (κ1) is 10.5. The molecule has 2 heteroatoms. The van der Waals surface area contributed by atoms with Crippen molar-refractivity contribution in [2.45, 2.75) is 31.6 Å². The van der Waals surface area contributed by atoms with Crippen LogP contribution in [0.1, 0.15) is 42.7 Å². The molecular formula is C13H19NO. The molecule has 1 fully saturated rings. The van der Waals surface area contributed by atoms with Crippen LogP contribution in [-0.4, -0.2) is 13.7 Å². The van der Waals surface area contributed by atoms with Gasteiger partial charge >= 0.3 is 0 Å². The van der Waals surface area contributed by atoms with Gasteiger partial charge in [-0.25, -0.2) is 0 Å². The summed E-state index contributed by atoms with van der Waals surface area (Å²) < 4.78 is 5.44. The third-order valence-electron chi connectivity index (χ3n) is 3.20. The zero-order chi connectivity index (χ0) is 10.8. The lowest BCUT2D eigenvalue weighted by atomic mass is 9.98. The lowest BCUT2D eigenvalue weighted by molar-refractivity contribution is 0.409. The van der Waals surface area contributed by atoms with Gasteiger partial charge in [0.15, 0.2) is 0 Å². The Labute approximate surface area is 91.4 Å². The molecule has 1 aromatic carbocycles. The molecule has 1 aromatic rings. The Balaban J connectivity index is 2.29. The van der Waals surface area contributed by atoms with Gasteiger partial charge in [-0.15, -0.1) is 0 Å². The minimum atomic E-state index is 0.409. The van der Waals surface area contributed by atoms with Gasteiger partial charge in [0, 0.05) is 0 Å². The van der Waals surface area contributed by atoms with Crippen molar-refractivity contribution in [3.63, 3.8) is 0 Å². The summed E-state index contributed by atoms with van der Waals surface area (Å²) in [5, 5.41) is 0. The van der Waals surface area contributed by atoms with E-state index in [-0.39, 0.29) is 0 Å². The zero-order valence-corrected chi connectivity index (χ0v) is 9.49. The van der Waals surface area contributed by atoms with Crippen molar-refractivity contribution in [2.75, 3.05) is 13.7 Å². The fraction of sp³-hybridized carbons (Fsp3) is 0.538. The van der Waals surface area contributed by atoms with Crippen LogP contribution >= 0.6 is 0 Å². The number of methoxy groups -OCH3 is 1. The molecule has 0 heterocycles. The summed E-state index contributed by atoms with van der Waals surface area (Å²) in [6.45, 7) is 2.83. The van der Waals surface area contributed by atoms with Crippen LogP contribution in [0.2, 0.25) is 0 Å². The molecule has 0 aromatic heterocycles. The molecule has 2 rings (SSSR count). The van der Waals surface area contributed by atoms with Crippen LogP contribution in [0.5, 0.6) is 5.75 Å². The molecule has 2 N–H and O–H groups in total. The summed E-state index contributed by atoms with van der Waals surface area (Å²) in [5.41, 5.74) is 8.31. The maximum absolute atomic E-state index is 5.66. The van der Waals surface area contributed by atoms with Gasteiger partial charge in [0.1, 0.15) is 5.75 Å². The first-order valence-electron chi connectivity index (χ1n) is 5.64. The zero-order valence-electron chi connectivity index (χ0n) is 9.49. The summed E-state index contributed by atoms with van der Waals surface area (Å²) in [7, 11) is 1.75. The lowest BCUT2D eigenvalue weighted by Gasteiger charge is -2.13. The second-order valence-corrected chi connectivity index (χ2v) is 4.41. The van der Waals surface area contributed by atoms with Gasteiger partial charge in [0.2, 0.25) is 0 Å². The monoisotopic (exact) mass is 205 g/mol. The third kappa shape index (κ3) is 2.15. The number of ether oxygens (including phenoxy) is 1. The van der Waals surface area contributed by atoms with E-state index in [2.05, 4.69) is 25.1 Å². The van der Waals surface area contributed by atoms with Gasteiger partial charge in [-0.1, -0.05) is 19.1 Å². The molecule has 0 aliphatic heterocycles. The predicted molar refractivity (Wildman–Crippen MR) is 62.4 cm³/mol. The van der Waals surface area contributed by atoms with E-state index in [0.29, 0.717) is 12.5 Å². The van der Waals surface area contributed by atoms with Crippen LogP contribution in [0, 0.1) is 0 Å². The van der Waals surface area contributed by atoms with E-state index in [4.69, 9.17) is 10.5 Å². The van der Waals surface area contributed by atoms with Crippen molar-refractivity contribution in [3.05, 3.63) is 29.3 Å². The van der Waals surface area contributed by atoms with E-state index < -0.39 is 0 Å². The molecule has 15 heavy (non-hydrogen) atoms. The predicted octanol–water partition coefficient (Wildman–Crippen LogP) is 2.63. The summed E-state index contributed by atoms with van der Waals surface area (Å²) >= 11 is 0. The van der Waals surface area contributed by atoms with E-state index in [1.54, 1.807) is 7.11 Å². The summed E-state index contributed by atoms with van der Waals surface area (Å²) in [4.78, 5) is 0. The third-order valence-corrected chi connectivity index (χ3v) is 3.20. The van der Waals surface area contributed by atoms with Crippen LogP contribution in [-0.2, 0) is 0 Å². The molecule has 0 radical (unpaired) electrons. The molecule has 2 nitrogen and oxygen atoms in total. The van der Waals surface area contributed by atoms with Crippen molar-refractivity contribution in [1.29, 1.82) is 0 Å². The number of hydrogen-bond donors (Lipinski definition) is 1. The van der Waals surface area contributed by atoms with Gasteiger partial charge in [-0.05, 0) is 48.4 Å². The second-order valence-electron chi connectivity index (χ2n) is 4.41. The van der Waals surface area contributed by atoms with Crippen molar-refractivity contribution in [2.24, 2.45) is 5.73 Å². The Kier molecular flexibility index (Phi) is 2.96. The van der Waals surface area contributed by atoms with E-state index in [1.165, 1.54) is 24.0 Å². The molecular weight excluding hydrogens is 186 g/mol. The van der Waals surface area contributed by atoms with Gasteiger partial charge in [0.25, 0.3) is 0 Å². The van der Waals surface area contributed by atoms with Crippen LogP contribution < -0.4 is 10.5 Å². The SMILES string of the molecule is COc1cc(C(C)CN)ccc1C1CC1. The highest BCUT2D eigenvalue weighted by atomic mass is 16.5. The minimum absolute atomic E-state index is 0.409. The Hall–Kier alpha value is -1.02. The molecule has 0 bridgehead atoms. The summed E-state index contributed by atoms with van der Waals surface area (Å²) in [6, 6.07) is 6.54. The second kappa shape index (κ2) is 4.23. The highest BCUT2D eigenvalue weighted by molar-refractivity contribution is 5.42. The lowest BCUT2D eigenvalue weighted by Crippen LogP contribution is -2.09. The van der Waals surface area contributed by atoms with Crippen molar-refractivity contribution < 1.29 is 4.74 Å². The molecule has 1 unspecified atom stereocenters. The van der Waals surface area contributed by atoms with Gasteiger partial charge in [0.05, 0.1) is 7.11 Å². The number of nitrogens with two attached hydrogens (primary N) is 1. The van der Waals surface area contributed by atoms with Crippen molar-refractivity contribution >= 4 is 0 Å². The fourth-order valence-corrected chi connectivity index (χ4v) is 1.90. The van der Waals surface area contributed by atoms with Crippen LogP contribution in [0.15, 0.2) is 18.2 Å². The van der Waals surface area contributed by atoms with Crippen molar-refractivity contribution in [3.8, 4) is 5.75 Å². The normalized spacial score (nSPS) is 17.5. The smallest absolute Gasteiger partial charge is 0.122 e. The van der Waals surface area contributed by atoms with Crippen LogP contribution in [0.3, 0.4) is 0 Å². The van der Waals surface area contributed by atoms with Gasteiger partial charge in [-0.3, -0.25) is 0 Å². The molecule has 1 atom stereocenters. The molecule has 0 spiro atoms. The van der Waals surface area contributed by atoms with Gasteiger partial charge < -0.3 is 10.5 Å². The van der Waals surface area contributed by atoms with Crippen LogP contribution in [0.25, 0.3) is 0 Å². The Bertz CT molecular complexity index is 344. The Morgan fingerprint density at radius 3 is 2.73 bits per heavy atom. The molecule has 1 aliphatic rings. The summed E-state index contributed by atoms with van der Waals surface area (Å²) in [6.07, 6.45) is 2.62. The quantitative estimate of drug-likeness (QED) is 0.820. The minimum Gasteiger partial charge on any atom is -0.496 e.